The van der Waals surface area contributed by atoms with Crippen LogP contribution in [0, 0.1) is 6.92 Å². The molecule has 2 aromatic carbocycles. The van der Waals surface area contributed by atoms with Gasteiger partial charge in [-0.3, -0.25) is 4.79 Å². The third-order valence-corrected chi connectivity index (χ3v) is 4.21. The Morgan fingerprint density at radius 2 is 1.81 bits per heavy atom. The number of aromatic nitrogens is 1. The van der Waals surface area contributed by atoms with E-state index in [0.717, 1.165) is 16.9 Å². The zero-order valence-electron chi connectivity index (χ0n) is 16.0. The van der Waals surface area contributed by atoms with E-state index in [1.807, 2.05) is 75.4 Å². The number of ether oxygens (including phenoxy) is 1. The van der Waals surface area contributed by atoms with Gasteiger partial charge in [0.25, 0.3) is 5.91 Å². The van der Waals surface area contributed by atoms with Gasteiger partial charge in [-0.15, -0.1) is 0 Å². The Morgan fingerprint density at radius 3 is 2.52 bits per heavy atom. The Kier molecular flexibility index (Phi) is 5.60. The first-order valence-corrected chi connectivity index (χ1v) is 9.05. The minimum Gasteiger partial charge on any atom is -0.491 e. The summed E-state index contributed by atoms with van der Waals surface area (Å²) in [5, 5.41) is 7.11. The number of hydrogen-bond acceptors (Lipinski definition) is 4. The van der Waals surface area contributed by atoms with Gasteiger partial charge in [0.1, 0.15) is 22.8 Å². The maximum absolute atomic E-state index is 12.9. The summed E-state index contributed by atoms with van der Waals surface area (Å²) in [5.74, 6) is 1.07. The molecule has 3 rings (SSSR count). The van der Waals surface area contributed by atoms with E-state index in [0.29, 0.717) is 17.0 Å². The highest BCUT2D eigenvalue weighted by molar-refractivity contribution is 6.00. The number of carbonyl (C=O) groups is 1. The molecule has 5 nitrogen and oxygen atoms in total. The van der Waals surface area contributed by atoms with Crippen molar-refractivity contribution in [3.05, 3.63) is 71.5 Å². The number of aryl methyl sites for hydroxylation is 1. The summed E-state index contributed by atoms with van der Waals surface area (Å²) in [6.45, 7) is 7.66. The summed E-state index contributed by atoms with van der Waals surface area (Å²) in [6, 6.07) is 17.1. The summed E-state index contributed by atoms with van der Waals surface area (Å²) in [7, 11) is 0. The molecule has 0 fully saturated rings. The number of amides is 1. The molecule has 0 aliphatic carbocycles. The van der Waals surface area contributed by atoms with Crippen LogP contribution < -0.4 is 10.1 Å². The number of hydrogen-bond donors (Lipinski definition) is 1. The molecule has 1 atom stereocenters. The van der Waals surface area contributed by atoms with Crippen LogP contribution in [0.25, 0.3) is 11.3 Å². The Balaban J connectivity index is 1.81. The third kappa shape index (κ3) is 4.37. The summed E-state index contributed by atoms with van der Waals surface area (Å²) in [4.78, 5) is 12.9. The predicted molar refractivity (Wildman–Crippen MR) is 105 cm³/mol. The minimum atomic E-state index is -0.213. The molecule has 0 bridgehead atoms. The van der Waals surface area contributed by atoms with E-state index >= 15 is 0 Å². The second kappa shape index (κ2) is 8.08. The lowest BCUT2D eigenvalue weighted by molar-refractivity contribution is 0.0938. The monoisotopic (exact) mass is 364 g/mol. The Morgan fingerprint density at radius 1 is 1.07 bits per heavy atom. The molecule has 0 unspecified atom stereocenters. The molecule has 27 heavy (non-hydrogen) atoms. The highest BCUT2D eigenvalue weighted by atomic mass is 16.5. The first kappa shape index (κ1) is 18.7. The third-order valence-electron chi connectivity index (χ3n) is 4.21. The summed E-state index contributed by atoms with van der Waals surface area (Å²) >= 11 is 0. The molecule has 0 radical (unpaired) electrons. The van der Waals surface area contributed by atoms with Gasteiger partial charge in [0.2, 0.25) is 0 Å². The standard InChI is InChI=1S/C22H24N2O3/c1-14(2)26-19-12-8-11-18(13-19)15(3)23-22(25)20-16(4)27-24-21(20)17-9-6-5-7-10-17/h5-15H,1-4H3,(H,23,25)/t15-/m1/s1. The molecule has 0 saturated heterocycles. The van der Waals surface area contributed by atoms with Crippen LogP contribution in [0.2, 0.25) is 0 Å². The summed E-state index contributed by atoms with van der Waals surface area (Å²) in [5.41, 5.74) is 2.83. The van der Waals surface area contributed by atoms with Gasteiger partial charge in [0, 0.05) is 5.56 Å². The van der Waals surface area contributed by atoms with E-state index in [4.69, 9.17) is 9.26 Å². The van der Waals surface area contributed by atoms with Crippen molar-refractivity contribution in [1.29, 1.82) is 0 Å². The normalized spacial score (nSPS) is 12.0. The molecule has 0 aliphatic rings. The van der Waals surface area contributed by atoms with Crippen molar-refractivity contribution in [2.24, 2.45) is 0 Å². The molecule has 1 amide bonds. The van der Waals surface area contributed by atoms with E-state index in [2.05, 4.69) is 10.5 Å². The lowest BCUT2D eigenvalue weighted by Gasteiger charge is -2.16. The van der Waals surface area contributed by atoms with Crippen molar-refractivity contribution in [3.63, 3.8) is 0 Å². The van der Waals surface area contributed by atoms with Crippen molar-refractivity contribution < 1.29 is 14.1 Å². The molecule has 0 saturated carbocycles. The van der Waals surface area contributed by atoms with E-state index < -0.39 is 0 Å². The molecular weight excluding hydrogens is 340 g/mol. The van der Waals surface area contributed by atoms with Gasteiger partial charge in [-0.25, -0.2) is 0 Å². The van der Waals surface area contributed by atoms with Crippen molar-refractivity contribution in [1.82, 2.24) is 10.5 Å². The van der Waals surface area contributed by atoms with Crippen LogP contribution in [-0.2, 0) is 0 Å². The van der Waals surface area contributed by atoms with Gasteiger partial charge in [-0.05, 0) is 45.4 Å². The van der Waals surface area contributed by atoms with Crippen LogP contribution in [0.15, 0.2) is 59.1 Å². The first-order chi connectivity index (χ1) is 13.0. The van der Waals surface area contributed by atoms with E-state index in [-0.39, 0.29) is 18.1 Å². The molecular formula is C22H24N2O3. The van der Waals surface area contributed by atoms with E-state index in [1.54, 1.807) is 6.92 Å². The van der Waals surface area contributed by atoms with Crippen molar-refractivity contribution in [2.45, 2.75) is 39.8 Å². The maximum atomic E-state index is 12.9. The van der Waals surface area contributed by atoms with Crippen LogP contribution in [-0.4, -0.2) is 17.2 Å². The zero-order chi connectivity index (χ0) is 19.4. The van der Waals surface area contributed by atoms with Gasteiger partial charge in [0.15, 0.2) is 0 Å². The predicted octanol–water partition coefficient (Wildman–Crippen LogP) is 4.93. The molecule has 0 aliphatic heterocycles. The Bertz CT molecular complexity index is 916. The van der Waals surface area contributed by atoms with Gasteiger partial charge in [-0.1, -0.05) is 47.6 Å². The molecule has 1 N–H and O–H groups in total. The van der Waals surface area contributed by atoms with E-state index in [1.165, 1.54) is 0 Å². The van der Waals surface area contributed by atoms with Crippen molar-refractivity contribution in [3.8, 4) is 17.0 Å². The van der Waals surface area contributed by atoms with Gasteiger partial charge in [-0.2, -0.15) is 0 Å². The number of benzene rings is 2. The molecule has 1 heterocycles. The number of nitrogens with zero attached hydrogens (tertiary/aromatic N) is 1. The number of carbonyl (C=O) groups excluding carboxylic acids is 1. The highest BCUT2D eigenvalue weighted by Crippen LogP contribution is 2.26. The fraction of sp³-hybridized carbons (Fsp3) is 0.273. The van der Waals surface area contributed by atoms with Crippen LogP contribution in [0.1, 0.15) is 48.5 Å². The van der Waals surface area contributed by atoms with Crippen molar-refractivity contribution >= 4 is 5.91 Å². The minimum absolute atomic E-state index is 0.0956. The second-order valence-electron chi connectivity index (χ2n) is 6.76. The first-order valence-electron chi connectivity index (χ1n) is 9.05. The van der Waals surface area contributed by atoms with Crippen LogP contribution in [0.3, 0.4) is 0 Å². The molecule has 5 heteroatoms. The van der Waals surface area contributed by atoms with Gasteiger partial charge in [0.05, 0.1) is 12.1 Å². The molecule has 3 aromatic rings. The second-order valence-corrected chi connectivity index (χ2v) is 6.76. The fourth-order valence-corrected chi connectivity index (χ4v) is 2.91. The quantitative estimate of drug-likeness (QED) is 0.674. The average molecular weight is 364 g/mol. The van der Waals surface area contributed by atoms with Crippen molar-refractivity contribution in [2.75, 3.05) is 0 Å². The van der Waals surface area contributed by atoms with Crippen LogP contribution >= 0.6 is 0 Å². The maximum Gasteiger partial charge on any atom is 0.257 e. The van der Waals surface area contributed by atoms with Crippen LogP contribution in [0.4, 0.5) is 0 Å². The average Bonchev–Trinajstić information content (AvgIpc) is 3.03. The lowest BCUT2D eigenvalue weighted by atomic mass is 10.0. The largest absolute Gasteiger partial charge is 0.491 e. The number of rotatable bonds is 6. The topological polar surface area (TPSA) is 64.4 Å². The number of nitrogens with one attached hydrogen (secondary N) is 1. The molecule has 1 aromatic heterocycles. The Labute approximate surface area is 159 Å². The van der Waals surface area contributed by atoms with Crippen LogP contribution in [0.5, 0.6) is 5.75 Å². The van der Waals surface area contributed by atoms with Gasteiger partial charge >= 0.3 is 0 Å². The smallest absolute Gasteiger partial charge is 0.257 e. The SMILES string of the molecule is Cc1onc(-c2ccccc2)c1C(=O)N[C@H](C)c1cccc(OC(C)C)c1. The Hall–Kier alpha value is -3.08. The van der Waals surface area contributed by atoms with Gasteiger partial charge < -0.3 is 14.6 Å². The fourth-order valence-electron chi connectivity index (χ4n) is 2.91. The summed E-state index contributed by atoms with van der Waals surface area (Å²) < 4.78 is 11.0. The molecule has 0 spiro atoms. The van der Waals surface area contributed by atoms with E-state index in [9.17, 15) is 4.79 Å². The summed E-state index contributed by atoms with van der Waals surface area (Å²) in [6.07, 6.45) is 0.0956. The molecule has 140 valence electrons. The lowest BCUT2D eigenvalue weighted by Crippen LogP contribution is -2.27. The highest BCUT2D eigenvalue weighted by Gasteiger charge is 2.23. The zero-order valence-corrected chi connectivity index (χ0v) is 16.0.